The smallest absolute Gasteiger partial charge is 0.170 e. The van der Waals surface area contributed by atoms with E-state index in [1.165, 1.54) is 7.11 Å². The van der Waals surface area contributed by atoms with Gasteiger partial charge in [0, 0.05) is 7.11 Å². The van der Waals surface area contributed by atoms with E-state index in [1.807, 2.05) is 0 Å². The Morgan fingerprint density at radius 3 is 2.83 bits per heavy atom. The summed E-state index contributed by atoms with van der Waals surface area (Å²) in [5.74, 6) is 0. The van der Waals surface area contributed by atoms with Crippen LogP contribution in [0.2, 0.25) is 0 Å². The van der Waals surface area contributed by atoms with Gasteiger partial charge in [0.05, 0.1) is 18.8 Å². The number of methoxy groups -OCH3 is 1. The molecule has 1 saturated heterocycles. The fraction of sp³-hybridized carbons (Fsp3) is 1.00. The first-order valence-corrected chi connectivity index (χ1v) is 3.91. The molecule has 1 rings (SSSR count). The highest BCUT2D eigenvalue weighted by Gasteiger charge is 2.34. The van der Waals surface area contributed by atoms with Crippen LogP contribution in [-0.4, -0.2) is 48.5 Å². The van der Waals surface area contributed by atoms with E-state index >= 15 is 0 Å². The van der Waals surface area contributed by atoms with Crippen LogP contribution in [-0.2, 0) is 9.47 Å². The second-order valence-electron chi connectivity index (χ2n) is 2.92. The zero-order valence-electron chi connectivity index (χ0n) is 7.01. The molecule has 0 radical (unpaired) electrons. The fourth-order valence-corrected chi connectivity index (χ4v) is 1.31. The lowest BCUT2D eigenvalue weighted by molar-refractivity contribution is -0.221. The van der Waals surface area contributed by atoms with E-state index in [0.717, 1.165) is 0 Å². The molecule has 0 spiro atoms. The summed E-state index contributed by atoms with van der Waals surface area (Å²) in [6.07, 6.45) is -1.19. The molecule has 0 aliphatic carbocycles. The van der Waals surface area contributed by atoms with Crippen molar-refractivity contribution in [3.8, 4) is 0 Å². The minimum absolute atomic E-state index is 0.164. The van der Waals surface area contributed by atoms with Crippen molar-refractivity contribution >= 4 is 0 Å². The molecule has 4 atom stereocenters. The van der Waals surface area contributed by atoms with Crippen LogP contribution < -0.4 is 5.73 Å². The highest BCUT2D eigenvalue weighted by molar-refractivity contribution is 4.83. The first kappa shape index (κ1) is 9.88. The van der Waals surface area contributed by atoms with Gasteiger partial charge in [-0.15, -0.1) is 0 Å². The summed E-state index contributed by atoms with van der Waals surface area (Å²) in [4.78, 5) is 0. The molecule has 1 fully saturated rings. The van der Waals surface area contributed by atoms with Crippen molar-refractivity contribution in [3.05, 3.63) is 0 Å². The fourth-order valence-electron chi connectivity index (χ4n) is 1.31. The van der Waals surface area contributed by atoms with Crippen LogP contribution >= 0.6 is 0 Å². The van der Waals surface area contributed by atoms with E-state index in [9.17, 15) is 5.11 Å². The van der Waals surface area contributed by atoms with Crippen molar-refractivity contribution < 1.29 is 19.7 Å². The molecule has 0 bridgehead atoms. The molecule has 1 heterocycles. The van der Waals surface area contributed by atoms with Crippen LogP contribution in [0.4, 0.5) is 0 Å². The molecule has 0 saturated carbocycles. The second-order valence-corrected chi connectivity index (χ2v) is 2.92. The number of aliphatic hydroxyl groups excluding tert-OH is 2. The second kappa shape index (κ2) is 4.15. The zero-order valence-corrected chi connectivity index (χ0v) is 7.01. The van der Waals surface area contributed by atoms with Gasteiger partial charge in [-0.3, -0.25) is 0 Å². The Morgan fingerprint density at radius 2 is 2.33 bits per heavy atom. The molecule has 1 aliphatic heterocycles. The van der Waals surface area contributed by atoms with Gasteiger partial charge in [0.15, 0.2) is 6.29 Å². The third kappa shape index (κ3) is 1.94. The molecule has 1 aliphatic rings. The highest BCUT2D eigenvalue weighted by Crippen LogP contribution is 2.19. The van der Waals surface area contributed by atoms with Crippen LogP contribution in [0.3, 0.4) is 0 Å². The molecular weight excluding hydrogens is 162 g/mol. The topological polar surface area (TPSA) is 84.9 Å². The molecular formula is C7H15NO4. The van der Waals surface area contributed by atoms with Gasteiger partial charge in [-0.2, -0.15) is 0 Å². The maximum absolute atomic E-state index is 9.18. The van der Waals surface area contributed by atoms with Crippen molar-refractivity contribution in [2.24, 2.45) is 5.73 Å². The summed E-state index contributed by atoms with van der Waals surface area (Å²) >= 11 is 0. The van der Waals surface area contributed by atoms with Gasteiger partial charge in [0.25, 0.3) is 0 Å². The van der Waals surface area contributed by atoms with Crippen LogP contribution in [0.5, 0.6) is 0 Å². The van der Waals surface area contributed by atoms with Crippen LogP contribution in [0.25, 0.3) is 0 Å². The standard InChI is InChI=1S/C7H15NO4/c1-11-5-2-4(8)7(10)12-6(5)3-9/h4-7,9-10H,2-3,8H2,1H3/t4?,5-,6?,7+/m0/s1. The van der Waals surface area contributed by atoms with Gasteiger partial charge >= 0.3 is 0 Å². The Balaban J connectivity index is 2.52. The van der Waals surface area contributed by atoms with E-state index in [0.29, 0.717) is 6.42 Å². The molecule has 0 aromatic rings. The summed E-state index contributed by atoms with van der Waals surface area (Å²) in [6, 6.07) is -0.433. The van der Waals surface area contributed by atoms with Crippen molar-refractivity contribution in [2.75, 3.05) is 13.7 Å². The maximum Gasteiger partial charge on any atom is 0.170 e. The third-order valence-corrected chi connectivity index (χ3v) is 2.08. The van der Waals surface area contributed by atoms with E-state index in [4.69, 9.17) is 20.3 Å². The Morgan fingerprint density at radius 1 is 1.67 bits per heavy atom. The highest BCUT2D eigenvalue weighted by atomic mass is 16.6. The average Bonchev–Trinajstić information content (AvgIpc) is 2.09. The molecule has 5 heteroatoms. The van der Waals surface area contributed by atoms with Crippen molar-refractivity contribution in [1.82, 2.24) is 0 Å². The molecule has 4 N–H and O–H groups in total. The molecule has 72 valence electrons. The lowest BCUT2D eigenvalue weighted by atomic mass is 10.0. The van der Waals surface area contributed by atoms with Gasteiger partial charge in [0.2, 0.25) is 0 Å². The summed E-state index contributed by atoms with van der Waals surface area (Å²) in [5, 5.41) is 18.0. The molecule has 12 heavy (non-hydrogen) atoms. The van der Waals surface area contributed by atoms with Crippen LogP contribution in [0.15, 0.2) is 0 Å². The minimum atomic E-state index is -0.992. The van der Waals surface area contributed by atoms with Gasteiger partial charge < -0.3 is 25.4 Å². The third-order valence-electron chi connectivity index (χ3n) is 2.08. The molecule has 0 aromatic carbocycles. The number of nitrogens with two attached hydrogens (primary N) is 1. The van der Waals surface area contributed by atoms with E-state index in [1.54, 1.807) is 0 Å². The van der Waals surface area contributed by atoms with Crippen LogP contribution in [0.1, 0.15) is 6.42 Å². The predicted molar refractivity (Wildman–Crippen MR) is 41.4 cm³/mol. The summed E-state index contributed by atoms with van der Waals surface area (Å²) < 4.78 is 10.0. The van der Waals surface area contributed by atoms with E-state index in [2.05, 4.69) is 0 Å². The zero-order chi connectivity index (χ0) is 9.14. The number of ether oxygens (including phenoxy) is 2. The van der Waals surface area contributed by atoms with Crippen molar-refractivity contribution in [1.29, 1.82) is 0 Å². The first-order valence-electron chi connectivity index (χ1n) is 3.91. The van der Waals surface area contributed by atoms with Crippen molar-refractivity contribution in [3.63, 3.8) is 0 Å². The Hall–Kier alpha value is -0.200. The Labute approximate surface area is 71.1 Å². The number of rotatable bonds is 2. The Kier molecular flexibility index (Phi) is 3.42. The predicted octanol–water partition coefficient (Wildman–Crippen LogP) is -1.57. The Bertz CT molecular complexity index is 127. The van der Waals surface area contributed by atoms with Gasteiger partial charge in [-0.05, 0) is 6.42 Å². The lowest BCUT2D eigenvalue weighted by Crippen LogP contribution is -2.52. The van der Waals surface area contributed by atoms with E-state index < -0.39 is 18.4 Å². The summed E-state index contributed by atoms with van der Waals surface area (Å²) in [5.41, 5.74) is 5.52. The maximum atomic E-state index is 9.18. The number of hydrogen-bond acceptors (Lipinski definition) is 5. The lowest BCUT2D eigenvalue weighted by Gasteiger charge is -2.36. The van der Waals surface area contributed by atoms with Gasteiger partial charge in [-0.25, -0.2) is 0 Å². The SMILES string of the molecule is CO[C@H]1CC(N)[C@H](O)OC1CO. The molecule has 5 nitrogen and oxygen atoms in total. The quantitative estimate of drug-likeness (QED) is 0.474. The average molecular weight is 177 g/mol. The largest absolute Gasteiger partial charge is 0.394 e. The number of hydrogen-bond donors (Lipinski definition) is 3. The van der Waals surface area contributed by atoms with E-state index in [-0.39, 0.29) is 12.7 Å². The molecule has 0 amide bonds. The summed E-state index contributed by atoms with van der Waals surface area (Å²) in [6.45, 7) is -0.164. The number of aliphatic hydroxyl groups is 2. The van der Waals surface area contributed by atoms with Gasteiger partial charge in [0.1, 0.15) is 6.10 Å². The minimum Gasteiger partial charge on any atom is -0.394 e. The van der Waals surface area contributed by atoms with Crippen molar-refractivity contribution in [2.45, 2.75) is 31.0 Å². The normalized spacial score (nSPS) is 43.0. The first-order chi connectivity index (χ1) is 5.69. The monoisotopic (exact) mass is 177 g/mol. The molecule has 2 unspecified atom stereocenters. The molecule has 0 aromatic heterocycles. The summed E-state index contributed by atoms with van der Waals surface area (Å²) in [7, 11) is 1.53. The van der Waals surface area contributed by atoms with Gasteiger partial charge in [-0.1, -0.05) is 0 Å². The van der Waals surface area contributed by atoms with Crippen LogP contribution in [0, 0.1) is 0 Å².